The van der Waals surface area contributed by atoms with Crippen LogP contribution in [0.5, 0.6) is 0 Å². The SMILES string of the molecule is CC(C)(C)NC1=NC2CCCCC2N1. The molecule has 1 fully saturated rings. The van der Waals surface area contributed by atoms with Crippen LogP contribution in [0.15, 0.2) is 4.99 Å². The Labute approximate surface area is 86.4 Å². The van der Waals surface area contributed by atoms with Gasteiger partial charge < -0.3 is 10.6 Å². The van der Waals surface area contributed by atoms with Gasteiger partial charge in [-0.25, -0.2) is 4.99 Å². The van der Waals surface area contributed by atoms with Gasteiger partial charge in [-0.3, -0.25) is 0 Å². The van der Waals surface area contributed by atoms with Gasteiger partial charge in [0.15, 0.2) is 5.96 Å². The molecule has 1 saturated carbocycles. The van der Waals surface area contributed by atoms with Gasteiger partial charge in [-0.1, -0.05) is 12.8 Å². The van der Waals surface area contributed by atoms with Crippen molar-refractivity contribution >= 4 is 5.96 Å². The van der Waals surface area contributed by atoms with E-state index in [1.54, 1.807) is 0 Å². The first-order valence-electron chi connectivity index (χ1n) is 5.67. The fourth-order valence-corrected chi connectivity index (χ4v) is 2.24. The van der Waals surface area contributed by atoms with Crippen LogP contribution < -0.4 is 10.6 Å². The van der Waals surface area contributed by atoms with Gasteiger partial charge in [0.25, 0.3) is 0 Å². The molecule has 0 amide bonds. The summed E-state index contributed by atoms with van der Waals surface area (Å²) in [5.74, 6) is 1.01. The Morgan fingerprint density at radius 1 is 1.29 bits per heavy atom. The van der Waals surface area contributed by atoms with Crippen molar-refractivity contribution in [1.29, 1.82) is 0 Å². The molecule has 14 heavy (non-hydrogen) atoms. The number of hydrogen-bond donors (Lipinski definition) is 2. The van der Waals surface area contributed by atoms with Crippen LogP contribution in [0.2, 0.25) is 0 Å². The fourth-order valence-electron chi connectivity index (χ4n) is 2.24. The van der Waals surface area contributed by atoms with Gasteiger partial charge in [-0.05, 0) is 33.6 Å². The second-order valence-corrected chi connectivity index (χ2v) is 5.46. The predicted molar refractivity (Wildman–Crippen MR) is 59.5 cm³/mol. The van der Waals surface area contributed by atoms with Gasteiger partial charge in [0, 0.05) is 5.54 Å². The number of nitrogens with one attached hydrogen (secondary N) is 2. The number of rotatable bonds is 0. The number of nitrogens with zero attached hydrogens (tertiary/aromatic N) is 1. The quantitative estimate of drug-likeness (QED) is 0.616. The second-order valence-electron chi connectivity index (χ2n) is 5.46. The normalized spacial score (nSPS) is 31.8. The third-order valence-corrected chi connectivity index (χ3v) is 2.84. The Morgan fingerprint density at radius 3 is 2.64 bits per heavy atom. The highest BCUT2D eigenvalue weighted by molar-refractivity contribution is 5.82. The van der Waals surface area contributed by atoms with Crippen LogP contribution in [0.25, 0.3) is 0 Å². The summed E-state index contributed by atoms with van der Waals surface area (Å²) < 4.78 is 0. The van der Waals surface area contributed by atoms with E-state index < -0.39 is 0 Å². The monoisotopic (exact) mass is 195 g/mol. The minimum absolute atomic E-state index is 0.110. The summed E-state index contributed by atoms with van der Waals surface area (Å²) in [6, 6.07) is 1.14. The average Bonchev–Trinajstić information content (AvgIpc) is 2.42. The molecule has 1 aliphatic carbocycles. The lowest BCUT2D eigenvalue weighted by Crippen LogP contribution is -2.48. The molecule has 1 aliphatic heterocycles. The molecule has 80 valence electrons. The molecular weight excluding hydrogens is 174 g/mol. The van der Waals surface area contributed by atoms with E-state index >= 15 is 0 Å². The first-order chi connectivity index (χ1) is 6.54. The lowest BCUT2D eigenvalue weighted by molar-refractivity contribution is 0.383. The van der Waals surface area contributed by atoms with Gasteiger partial charge in [-0.2, -0.15) is 0 Å². The second kappa shape index (κ2) is 3.44. The van der Waals surface area contributed by atoms with E-state index in [2.05, 4.69) is 36.4 Å². The van der Waals surface area contributed by atoms with Crippen LogP contribution in [0, 0.1) is 0 Å². The zero-order valence-corrected chi connectivity index (χ0v) is 9.43. The van der Waals surface area contributed by atoms with Crippen LogP contribution in [0.1, 0.15) is 46.5 Å². The van der Waals surface area contributed by atoms with Gasteiger partial charge in [-0.15, -0.1) is 0 Å². The predicted octanol–water partition coefficient (Wildman–Crippen LogP) is 1.64. The molecule has 0 radical (unpaired) electrons. The lowest BCUT2D eigenvalue weighted by Gasteiger charge is -2.24. The summed E-state index contributed by atoms with van der Waals surface area (Å²) in [6.45, 7) is 6.50. The van der Waals surface area contributed by atoms with Crippen LogP contribution >= 0.6 is 0 Å². The average molecular weight is 195 g/mol. The summed E-state index contributed by atoms with van der Waals surface area (Å²) in [6.07, 6.45) is 5.23. The first-order valence-corrected chi connectivity index (χ1v) is 5.67. The van der Waals surface area contributed by atoms with Crippen molar-refractivity contribution in [3.63, 3.8) is 0 Å². The van der Waals surface area contributed by atoms with Gasteiger partial charge >= 0.3 is 0 Å². The van der Waals surface area contributed by atoms with Crippen LogP contribution in [0.3, 0.4) is 0 Å². The van der Waals surface area contributed by atoms with Crippen molar-refractivity contribution < 1.29 is 0 Å². The Kier molecular flexibility index (Phi) is 2.41. The van der Waals surface area contributed by atoms with Gasteiger partial charge in [0.1, 0.15) is 0 Å². The van der Waals surface area contributed by atoms with Crippen molar-refractivity contribution in [3.8, 4) is 0 Å². The van der Waals surface area contributed by atoms with Gasteiger partial charge in [0.2, 0.25) is 0 Å². The van der Waals surface area contributed by atoms with Crippen molar-refractivity contribution in [1.82, 2.24) is 10.6 Å². The molecule has 0 spiro atoms. The van der Waals surface area contributed by atoms with Crippen LogP contribution in [0.4, 0.5) is 0 Å². The molecule has 2 aliphatic rings. The molecule has 2 unspecified atom stereocenters. The molecule has 2 atom stereocenters. The maximum absolute atomic E-state index is 4.69. The Bertz CT molecular complexity index is 239. The zero-order valence-electron chi connectivity index (χ0n) is 9.43. The van der Waals surface area contributed by atoms with E-state index in [9.17, 15) is 0 Å². The summed E-state index contributed by atoms with van der Waals surface area (Å²) in [5.41, 5.74) is 0.110. The molecular formula is C11H21N3. The smallest absolute Gasteiger partial charge is 0.192 e. The first kappa shape index (κ1) is 9.81. The van der Waals surface area contributed by atoms with Crippen molar-refractivity contribution in [2.24, 2.45) is 4.99 Å². The number of guanidine groups is 1. The Balaban J connectivity index is 1.96. The number of fused-ring (bicyclic) bond motifs is 1. The van der Waals surface area contributed by atoms with E-state index in [1.165, 1.54) is 25.7 Å². The molecule has 0 saturated heterocycles. The van der Waals surface area contributed by atoms with E-state index in [4.69, 9.17) is 0 Å². The molecule has 2 rings (SSSR count). The Morgan fingerprint density at radius 2 is 2.00 bits per heavy atom. The van der Waals surface area contributed by atoms with Crippen LogP contribution in [-0.2, 0) is 0 Å². The fraction of sp³-hybridized carbons (Fsp3) is 0.909. The topological polar surface area (TPSA) is 36.4 Å². The highest BCUT2D eigenvalue weighted by Gasteiger charge is 2.31. The summed E-state index contributed by atoms with van der Waals surface area (Å²) in [7, 11) is 0. The minimum Gasteiger partial charge on any atom is -0.352 e. The minimum atomic E-state index is 0.110. The summed E-state index contributed by atoms with van der Waals surface area (Å²) in [4.78, 5) is 4.69. The van der Waals surface area contributed by atoms with E-state index in [0.717, 1.165) is 5.96 Å². The van der Waals surface area contributed by atoms with Crippen molar-refractivity contribution in [2.45, 2.75) is 64.1 Å². The highest BCUT2D eigenvalue weighted by atomic mass is 15.3. The standard InChI is InChI=1S/C11H21N3/c1-11(2,3)14-10-12-8-6-4-5-7-9(8)13-10/h8-9H,4-7H2,1-3H3,(H2,12,13,14). The van der Waals surface area contributed by atoms with E-state index in [1.807, 2.05) is 0 Å². The molecule has 0 aromatic heterocycles. The molecule has 1 heterocycles. The third-order valence-electron chi connectivity index (χ3n) is 2.84. The van der Waals surface area contributed by atoms with Crippen LogP contribution in [-0.4, -0.2) is 23.6 Å². The van der Waals surface area contributed by atoms with Crippen molar-refractivity contribution in [2.75, 3.05) is 0 Å². The van der Waals surface area contributed by atoms with E-state index in [0.29, 0.717) is 12.1 Å². The molecule has 3 nitrogen and oxygen atoms in total. The van der Waals surface area contributed by atoms with E-state index in [-0.39, 0.29) is 5.54 Å². The molecule has 2 N–H and O–H groups in total. The van der Waals surface area contributed by atoms with Crippen molar-refractivity contribution in [3.05, 3.63) is 0 Å². The summed E-state index contributed by atoms with van der Waals surface area (Å²) in [5, 5.41) is 6.90. The molecule has 0 bridgehead atoms. The maximum atomic E-state index is 4.69. The largest absolute Gasteiger partial charge is 0.352 e. The number of hydrogen-bond acceptors (Lipinski definition) is 3. The molecule has 0 aromatic rings. The zero-order chi connectivity index (χ0) is 10.2. The van der Waals surface area contributed by atoms with Gasteiger partial charge in [0.05, 0.1) is 12.1 Å². The highest BCUT2D eigenvalue weighted by Crippen LogP contribution is 2.24. The molecule has 0 aromatic carbocycles. The maximum Gasteiger partial charge on any atom is 0.192 e. The lowest BCUT2D eigenvalue weighted by atomic mass is 9.92. The Hall–Kier alpha value is -0.730. The molecule has 3 heteroatoms. The summed E-state index contributed by atoms with van der Waals surface area (Å²) >= 11 is 0. The number of aliphatic imine (C=N–C) groups is 1. The third kappa shape index (κ3) is 2.20.